The van der Waals surface area contributed by atoms with E-state index in [1.54, 1.807) is 13.2 Å². The molecule has 5 nitrogen and oxygen atoms in total. The minimum atomic E-state index is 0.0857. The number of phenolic OH excluding ortho intramolecular Hbond substituents is 1. The summed E-state index contributed by atoms with van der Waals surface area (Å²) in [6.07, 6.45) is 1.60. The van der Waals surface area contributed by atoms with Crippen LogP contribution in [0.4, 0.5) is 0 Å². The van der Waals surface area contributed by atoms with Crippen LogP contribution < -0.4 is 18.9 Å². The second-order valence-corrected chi connectivity index (χ2v) is 5.04. The number of phenols is 1. The molecule has 0 spiro atoms. The molecular weight excluding hydrogens is 284 g/mol. The smallest absolute Gasteiger partial charge is 0.231 e. The van der Waals surface area contributed by atoms with Crippen molar-refractivity contribution < 1.29 is 24.1 Å². The third-order valence-corrected chi connectivity index (χ3v) is 3.66. The Hall–Kier alpha value is -2.56. The molecule has 5 heteroatoms. The van der Waals surface area contributed by atoms with E-state index in [-0.39, 0.29) is 12.5 Å². The first-order chi connectivity index (χ1) is 10.7. The third-order valence-electron chi connectivity index (χ3n) is 3.66. The highest BCUT2D eigenvalue weighted by molar-refractivity contribution is 5.53. The zero-order chi connectivity index (χ0) is 15.5. The predicted octanol–water partition coefficient (Wildman–Crippen LogP) is 2.92. The summed E-state index contributed by atoms with van der Waals surface area (Å²) in [5, 5.41) is 9.99. The van der Waals surface area contributed by atoms with Crippen LogP contribution in [0.2, 0.25) is 0 Å². The first-order valence-electron chi connectivity index (χ1n) is 7.03. The van der Waals surface area contributed by atoms with Crippen molar-refractivity contribution in [1.82, 2.24) is 0 Å². The van der Waals surface area contributed by atoms with E-state index in [4.69, 9.17) is 18.9 Å². The Balaban J connectivity index is 1.75. The molecule has 3 rings (SSSR count). The molecule has 0 fully saturated rings. The van der Waals surface area contributed by atoms with Crippen molar-refractivity contribution in [3.05, 3.63) is 41.5 Å². The maximum atomic E-state index is 9.99. The molecule has 116 valence electrons. The lowest BCUT2D eigenvalue weighted by atomic mass is 10.0. The first-order valence-corrected chi connectivity index (χ1v) is 7.03. The summed E-state index contributed by atoms with van der Waals surface area (Å²) in [5.74, 6) is 2.54. The number of benzene rings is 2. The van der Waals surface area contributed by atoms with Gasteiger partial charge >= 0.3 is 0 Å². The lowest BCUT2D eigenvalue weighted by molar-refractivity contribution is 0.174. The fourth-order valence-corrected chi connectivity index (χ4v) is 2.53. The van der Waals surface area contributed by atoms with Gasteiger partial charge < -0.3 is 24.1 Å². The molecule has 0 amide bonds. The third kappa shape index (κ3) is 2.74. The van der Waals surface area contributed by atoms with Crippen molar-refractivity contribution in [3.8, 4) is 28.7 Å². The monoisotopic (exact) mass is 302 g/mol. The molecule has 0 saturated carbocycles. The van der Waals surface area contributed by atoms with E-state index in [0.717, 1.165) is 35.5 Å². The van der Waals surface area contributed by atoms with Crippen LogP contribution in [-0.2, 0) is 12.8 Å². The van der Waals surface area contributed by atoms with E-state index >= 15 is 0 Å². The molecule has 0 atom stereocenters. The molecule has 0 unspecified atom stereocenters. The Morgan fingerprint density at radius 2 is 1.73 bits per heavy atom. The molecule has 0 saturated heterocycles. The Bertz CT molecular complexity index is 681. The largest absolute Gasteiger partial charge is 0.504 e. The molecule has 1 heterocycles. The van der Waals surface area contributed by atoms with Gasteiger partial charge in [0.2, 0.25) is 12.5 Å². The highest BCUT2D eigenvalue weighted by atomic mass is 16.7. The van der Waals surface area contributed by atoms with Gasteiger partial charge in [-0.2, -0.15) is 0 Å². The number of hydrogen-bond donors (Lipinski definition) is 1. The molecule has 0 radical (unpaired) electrons. The van der Waals surface area contributed by atoms with Crippen LogP contribution >= 0.6 is 0 Å². The zero-order valence-electron chi connectivity index (χ0n) is 12.6. The molecule has 0 aliphatic carbocycles. The first kappa shape index (κ1) is 14.4. The average Bonchev–Trinajstić information content (AvgIpc) is 2.99. The second kappa shape index (κ2) is 6.05. The fraction of sp³-hybridized carbons (Fsp3) is 0.294. The number of fused-ring (bicyclic) bond motifs is 1. The lowest BCUT2D eigenvalue weighted by Crippen LogP contribution is -1.96. The predicted molar refractivity (Wildman–Crippen MR) is 81.2 cm³/mol. The quantitative estimate of drug-likeness (QED) is 0.920. The molecule has 0 aromatic heterocycles. The maximum Gasteiger partial charge on any atom is 0.231 e. The van der Waals surface area contributed by atoms with E-state index in [1.807, 2.05) is 24.3 Å². The minimum absolute atomic E-state index is 0.0857. The van der Waals surface area contributed by atoms with E-state index < -0.39 is 0 Å². The van der Waals surface area contributed by atoms with Crippen LogP contribution in [0.1, 0.15) is 11.1 Å². The van der Waals surface area contributed by atoms with Crippen molar-refractivity contribution in [3.63, 3.8) is 0 Å². The average molecular weight is 302 g/mol. The van der Waals surface area contributed by atoms with Crippen LogP contribution in [0.15, 0.2) is 30.3 Å². The minimum Gasteiger partial charge on any atom is -0.504 e. The number of methoxy groups -OCH3 is 2. The Kier molecular flexibility index (Phi) is 3.96. The van der Waals surface area contributed by atoms with Gasteiger partial charge in [0.1, 0.15) is 0 Å². The molecule has 2 aromatic carbocycles. The summed E-state index contributed by atoms with van der Waals surface area (Å²) in [6, 6.07) is 9.51. The van der Waals surface area contributed by atoms with Crippen LogP contribution in [0.5, 0.6) is 28.7 Å². The van der Waals surface area contributed by atoms with E-state index in [9.17, 15) is 5.11 Å². The summed E-state index contributed by atoms with van der Waals surface area (Å²) in [6.45, 7) is 0.280. The summed E-state index contributed by atoms with van der Waals surface area (Å²) in [4.78, 5) is 0. The molecule has 2 aromatic rings. The molecule has 1 N–H and O–H groups in total. The highest BCUT2D eigenvalue weighted by Gasteiger charge is 2.14. The van der Waals surface area contributed by atoms with Crippen molar-refractivity contribution in [2.24, 2.45) is 0 Å². The Labute approximate surface area is 129 Å². The van der Waals surface area contributed by atoms with Gasteiger partial charge in [-0.25, -0.2) is 0 Å². The van der Waals surface area contributed by atoms with Gasteiger partial charge in [0.15, 0.2) is 23.0 Å². The summed E-state index contributed by atoms with van der Waals surface area (Å²) >= 11 is 0. The van der Waals surface area contributed by atoms with Gasteiger partial charge in [-0.1, -0.05) is 6.07 Å². The van der Waals surface area contributed by atoms with Gasteiger partial charge in [0.05, 0.1) is 14.2 Å². The van der Waals surface area contributed by atoms with Gasteiger partial charge in [-0.05, 0) is 48.2 Å². The number of hydrogen-bond acceptors (Lipinski definition) is 5. The SMILES string of the molecule is COc1cc(CCc2ccc3c(c2)OCO3)cc(O)c1OC. The topological polar surface area (TPSA) is 57.2 Å². The molecule has 0 bridgehead atoms. The fourth-order valence-electron chi connectivity index (χ4n) is 2.53. The Morgan fingerprint density at radius 1 is 0.955 bits per heavy atom. The molecule has 22 heavy (non-hydrogen) atoms. The molecule has 1 aliphatic heterocycles. The second-order valence-electron chi connectivity index (χ2n) is 5.04. The van der Waals surface area contributed by atoms with Crippen molar-refractivity contribution in [2.75, 3.05) is 21.0 Å². The number of aryl methyl sites for hydroxylation is 2. The summed E-state index contributed by atoms with van der Waals surface area (Å²) in [5.41, 5.74) is 2.13. The number of rotatable bonds is 5. The summed E-state index contributed by atoms with van der Waals surface area (Å²) in [7, 11) is 3.06. The van der Waals surface area contributed by atoms with Crippen LogP contribution in [-0.4, -0.2) is 26.1 Å². The van der Waals surface area contributed by atoms with Crippen molar-refractivity contribution >= 4 is 0 Å². The molecule has 1 aliphatic rings. The van der Waals surface area contributed by atoms with Gasteiger partial charge in [0, 0.05) is 0 Å². The lowest BCUT2D eigenvalue weighted by Gasteiger charge is -2.12. The maximum absolute atomic E-state index is 9.99. The highest BCUT2D eigenvalue weighted by Crippen LogP contribution is 2.38. The van der Waals surface area contributed by atoms with Gasteiger partial charge in [0.25, 0.3) is 0 Å². The van der Waals surface area contributed by atoms with E-state index in [0.29, 0.717) is 11.5 Å². The van der Waals surface area contributed by atoms with Crippen molar-refractivity contribution in [1.29, 1.82) is 0 Å². The summed E-state index contributed by atoms with van der Waals surface area (Å²) < 4.78 is 21.1. The van der Waals surface area contributed by atoms with Crippen LogP contribution in [0, 0.1) is 0 Å². The van der Waals surface area contributed by atoms with E-state index in [2.05, 4.69) is 0 Å². The Morgan fingerprint density at radius 3 is 2.50 bits per heavy atom. The van der Waals surface area contributed by atoms with Gasteiger partial charge in [-0.3, -0.25) is 0 Å². The van der Waals surface area contributed by atoms with Gasteiger partial charge in [-0.15, -0.1) is 0 Å². The van der Waals surface area contributed by atoms with Crippen molar-refractivity contribution in [2.45, 2.75) is 12.8 Å². The normalized spacial score (nSPS) is 12.3. The molecular formula is C17H18O5. The van der Waals surface area contributed by atoms with E-state index in [1.165, 1.54) is 7.11 Å². The zero-order valence-corrected chi connectivity index (χ0v) is 12.6. The number of ether oxygens (including phenoxy) is 4. The van der Waals surface area contributed by atoms with Crippen LogP contribution in [0.25, 0.3) is 0 Å². The van der Waals surface area contributed by atoms with Crippen LogP contribution in [0.3, 0.4) is 0 Å². The standard InChI is InChI=1S/C17H18O5/c1-19-16-9-12(7-13(18)17(16)20-2)4-3-11-5-6-14-15(8-11)22-10-21-14/h5-9,18H,3-4,10H2,1-2H3. The number of aromatic hydroxyl groups is 1.